The van der Waals surface area contributed by atoms with Crippen molar-refractivity contribution in [1.29, 1.82) is 0 Å². The van der Waals surface area contributed by atoms with Gasteiger partial charge < -0.3 is 14.5 Å². The Balaban J connectivity index is 1.67. The van der Waals surface area contributed by atoms with E-state index in [4.69, 9.17) is 4.74 Å². The quantitative estimate of drug-likeness (QED) is 0.858. The summed E-state index contributed by atoms with van der Waals surface area (Å²) in [6.07, 6.45) is 3.46. The molecule has 3 rings (SSSR count). The van der Waals surface area contributed by atoms with Gasteiger partial charge in [0.05, 0.1) is 12.7 Å². The zero-order valence-electron chi connectivity index (χ0n) is 12.5. The molecule has 1 saturated heterocycles. The summed E-state index contributed by atoms with van der Waals surface area (Å²) in [7, 11) is 1.58. The molecule has 2 aromatic rings. The second-order valence-corrected chi connectivity index (χ2v) is 5.03. The van der Waals surface area contributed by atoms with E-state index < -0.39 is 0 Å². The van der Waals surface area contributed by atoms with Crippen molar-refractivity contribution in [3.8, 4) is 5.75 Å². The predicted molar refractivity (Wildman–Crippen MR) is 83.1 cm³/mol. The van der Waals surface area contributed by atoms with Crippen LogP contribution in [0.1, 0.15) is 10.4 Å². The molecule has 0 unspecified atom stereocenters. The first kappa shape index (κ1) is 14.3. The van der Waals surface area contributed by atoms with Crippen molar-refractivity contribution in [1.82, 2.24) is 14.9 Å². The van der Waals surface area contributed by atoms with Gasteiger partial charge in [-0.2, -0.15) is 0 Å². The lowest BCUT2D eigenvalue weighted by molar-refractivity contribution is 0.0743. The molecular formula is C16H18N4O2. The maximum Gasteiger partial charge on any atom is 0.257 e. The first-order valence-corrected chi connectivity index (χ1v) is 7.24. The van der Waals surface area contributed by atoms with Crippen molar-refractivity contribution >= 4 is 11.9 Å². The molecule has 0 saturated carbocycles. The number of piperazine rings is 1. The Kier molecular flexibility index (Phi) is 4.18. The minimum absolute atomic E-state index is 0.00563. The first-order chi connectivity index (χ1) is 10.8. The standard InChI is InChI=1S/C16H18N4O2/c1-22-14-6-3-2-5-13(14)15(21)19-9-11-20(12-10-19)16-17-7-4-8-18-16/h2-8H,9-12H2,1H3. The van der Waals surface area contributed by atoms with Gasteiger partial charge in [-0.05, 0) is 18.2 Å². The molecule has 1 aromatic carbocycles. The van der Waals surface area contributed by atoms with Gasteiger partial charge in [0.15, 0.2) is 0 Å². The van der Waals surface area contributed by atoms with Crippen molar-refractivity contribution < 1.29 is 9.53 Å². The van der Waals surface area contributed by atoms with E-state index in [0.717, 1.165) is 13.1 Å². The Morgan fingerprint density at radius 1 is 1.05 bits per heavy atom. The summed E-state index contributed by atoms with van der Waals surface area (Å²) in [5.74, 6) is 1.33. The van der Waals surface area contributed by atoms with Gasteiger partial charge >= 0.3 is 0 Å². The summed E-state index contributed by atoms with van der Waals surface area (Å²) in [5, 5.41) is 0. The molecule has 0 radical (unpaired) electrons. The lowest BCUT2D eigenvalue weighted by Crippen LogP contribution is -2.49. The molecule has 1 fully saturated rings. The molecule has 6 nitrogen and oxygen atoms in total. The molecule has 1 aliphatic heterocycles. The normalized spacial score (nSPS) is 14.8. The van der Waals surface area contributed by atoms with E-state index in [-0.39, 0.29) is 5.91 Å². The Morgan fingerprint density at radius 2 is 1.73 bits per heavy atom. The van der Waals surface area contributed by atoms with Crippen LogP contribution in [-0.2, 0) is 0 Å². The number of benzene rings is 1. The lowest BCUT2D eigenvalue weighted by atomic mass is 10.1. The van der Waals surface area contributed by atoms with Gasteiger partial charge in [-0.3, -0.25) is 4.79 Å². The third-order valence-corrected chi connectivity index (χ3v) is 3.74. The molecule has 2 heterocycles. The first-order valence-electron chi connectivity index (χ1n) is 7.24. The van der Waals surface area contributed by atoms with Crippen molar-refractivity contribution in [2.75, 3.05) is 38.2 Å². The predicted octanol–water partition coefficient (Wildman–Crippen LogP) is 1.45. The van der Waals surface area contributed by atoms with Gasteiger partial charge in [-0.15, -0.1) is 0 Å². The van der Waals surface area contributed by atoms with Crippen LogP contribution in [0.3, 0.4) is 0 Å². The summed E-state index contributed by atoms with van der Waals surface area (Å²) >= 11 is 0. The molecule has 0 spiro atoms. The number of aromatic nitrogens is 2. The Hall–Kier alpha value is -2.63. The Bertz CT molecular complexity index is 640. The number of methoxy groups -OCH3 is 1. The molecule has 0 bridgehead atoms. The highest BCUT2D eigenvalue weighted by Gasteiger charge is 2.24. The minimum Gasteiger partial charge on any atom is -0.496 e. The molecular weight excluding hydrogens is 280 g/mol. The number of amides is 1. The maximum absolute atomic E-state index is 12.6. The number of para-hydroxylation sites is 1. The third kappa shape index (κ3) is 2.86. The molecule has 0 atom stereocenters. The van der Waals surface area contributed by atoms with Crippen LogP contribution in [0.2, 0.25) is 0 Å². The summed E-state index contributed by atoms with van der Waals surface area (Å²) in [4.78, 5) is 25.1. The van der Waals surface area contributed by atoms with E-state index in [0.29, 0.717) is 30.4 Å². The van der Waals surface area contributed by atoms with Gasteiger partial charge in [-0.1, -0.05) is 12.1 Å². The Morgan fingerprint density at radius 3 is 2.41 bits per heavy atom. The second-order valence-electron chi connectivity index (χ2n) is 5.03. The van der Waals surface area contributed by atoms with Crippen LogP contribution in [0.25, 0.3) is 0 Å². The van der Waals surface area contributed by atoms with Crippen molar-refractivity contribution in [3.63, 3.8) is 0 Å². The summed E-state index contributed by atoms with van der Waals surface area (Å²) in [6, 6.07) is 9.12. The van der Waals surface area contributed by atoms with Gasteiger partial charge in [0.1, 0.15) is 5.75 Å². The van der Waals surface area contributed by atoms with Gasteiger partial charge in [-0.25, -0.2) is 9.97 Å². The number of nitrogens with zero attached hydrogens (tertiary/aromatic N) is 4. The molecule has 1 aliphatic rings. The molecule has 114 valence electrons. The zero-order chi connectivity index (χ0) is 15.4. The smallest absolute Gasteiger partial charge is 0.257 e. The third-order valence-electron chi connectivity index (χ3n) is 3.74. The average molecular weight is 298 g/mol. The number of ether oxygens (including phenoxy) is 1. The number of anilines is 1. The van der Waals surface area contributed by atoms with Crippen LogP contribution < -0.4 is 9.64 Å². The van der Waals surface area contributed by atoms with Crippen molar-refractivity contribution in [3.05, 3.63) is 48.3 Å². The van der Waals surface area contributed by atoms with E-state index in [1.54, 1.807) is 37.7 Å². The molecule has 22 heavy (non-hydrogen) atoms. The van der Waals surface area contributed by atoms with E-state index in [9.17, 15) is 4.79 Å². The fraction of sp³-hybridized carbons (Fsp3) is 0.312. The monoisotopic (exact) mass is 298 g/mol. The summed E-state index contributed by atoms with van der Waals surface area (Å²) in [5.41, 5.74) is 0.606. The van der Waals surface area contributed by atoms with Gasteiger partial charge in [0, 0.05) is 38.6 Å². The van der Waals surface area contributed by atoms with Crippen LogP contribution in [-0.4, -0.2) is 54.1 Å². The minimum atomic E-state index is 0.00563. The Labute approximate surface area is 129 Å². The number of hydrogen-bond donors (Lipinski definition) is 0. The van der Waals surface area contributed by atoms with E-state index in [2.05, 4.69) is 14.9 Å². The van der Waals surface area contributed by atoms with Gasteiger partial charge in [0.25, 0.3) is 5.91 Å². The molecule has 0 aliphatic carbocycles. The average Bonchev–Trinajstić information content (AvgIpc) is 2.62. The van der Waals surface area contributed by atoms with Crippen LogP contribution in [0, 0.1) is 0 Å². The lowest BCUT2D eigenvalue weighted by Gasteiger charge is -2.34. The van der Waals surface area contributed by atoms with Gasteiger partial charge in [0.2, 0.25) is 5.95 Å². The molecule has 6 heteroatoms. The topological polar surface area (TPSA) is 58.6 Å². The molecule has 0 N–H and O–H groups in total. The SMILES string of the molecule is COc1ccccc1C(=O)N1CCN(c2ncccn2)CC1. The summed E-state index contributed by atoms with van der Waals surface area (Å²) < 4.78 is 5.27. The number of carbonyl (C=O) groups excluding carboxylic acids is 1. The number of rotatable bonds is 3. The van der Waals surface area contributed by atoms with Crippen LogP contribution in [0.4, 0.5) is 5.95 Å². The highest BCUT2D eigenvalue weighted by Crippen LogP contribution is 2.20. The second kappa shape index (κ2) is 6.43. The highest BCUT2D eigenvalue weighted by molar-refractivity contribution is 5.97. The largest absolute Gasteiger partial charge is 0.496 e. The van der Waals surface area contributed by atoms with E-state index in [1.165, 1.54) is 0 Å². The molecule has 1 amide bonds. The number of hydrogen-bond acceptors (Lipinski definition) is 5. The van der Waals surface area contributed by atoms with E-state index in [1.807, 2.05) is 17.0 Å². The zero-order valence-corrected chi connectivity index (χ0v) is 12.5. The van der Waals surface area contributed by atoms with Crippen molar-refractivity contribution in [2.24, 2.45) is 0 Å². The van der Waals surface area contributed by atoms with Crippen LogP contribution >= 0.6 is 0 Å². The molecule has 1 aromatic heterocycles. The van der Waals surface area contributed by atoms with Crippen molar-refractivity contribution in [2.45, 2.75) is 0 Å². The highest BCUT2D eigenvalue weighted by atomic mass is 16.5. The summed E-state index contributed by atoms with van der Waals surface area (Å²) in [6.45, 7) is 2.75. The van der Waals surface area contributed by atoms with E-state index >= 15 is 0 Å². The van der Waals surface area contributed by atoms with Crippen LogP contribution in [0.5, 0.6) is 5.75 Å². The fourth-order valence-corrected chi connectivity index (χ4v) is 2.56. The number of carbonyl (C=O) groups is 1. The fourth-order valence-electron chi connectivity index (χ4n) is 2.56. The maximum atomic E-state index is 12.6. The van der Waals surface area contributed by atoms with Crippen LogP contribution in [0.15, 0.2) is 42.7 Å².